The second-order valence-electron chi connectivity index (χ2n) is 7.03. The molecule has 0 spiro atoms. The van der Waals surface area contributed by atoms with Gasteiger partial charge in [0.15, 0.2) is 5.82 Å². The van der Waals surface area contributed by atoms with Crippen LogP contribution in [0, 0.1) is 6.92 Å². The predicted molar refractivity (Wildman–Crippen MR) is 110 cm³/mol. The molecule has 0 radical (unpaired) electrons. The second-order valence-corrected chi connectivity index (χ2v) is 7.03. The van der Waals surface area contributed by atoms with Gasteiger partial charge in [0.2, 0.25) is 0 Å². The summed E-state index contributed by atoms with van der Waals surface area (Å²) < 4.78 is 12.4. The number of tetrazole rings is 1. The Kier molecular flexibility index (Phi) is 6.76. The molecule has 0 saturated heterocycles. The van der Waals surface area contributed by atoms with Crippen LogP contribution in [0.4, 0.5) is 4.79 Å². The molecular formula is C21H25N5O4. The van der Waals surface area contributed by atoms with Gasteiger partial charge in [0, 0.05) is 13.2 Å². The van der Waals surface area contributed by atoms with E-state index in [2.05, 4.69) is 20.8 Å². The average Bonchev–Trinajstić information content (AvgIpc) is 3.23. The minimum atomic E-state index is -0.661. The van der Waals surface area contributed by atoms with Crippen LogP contribution in [-0.2, 0) is 4.74 Å². The van der Waals surface area contributed by atoms with Gasteiger partial charge in [0.25, 0.3) is 0 Å². The zero-order valence-electron chi connectivity index (χ0n) is 17.4. The maximum atomic E-state index is 12.2. The molecule has 0 bridgehead atoms. The van der Waals surface area contributed by atoms with E-state index in [1.54, 1.807) is 30.8 Å². The van der Waals surface area contributed by atoms with E-state index in [1.807, 2.05) is 44.2 Å². The summed E-state index contributed by atoms with van der Waals surface area (Å²) in [6.45, 7) is 5.34. The maximum Gasteiger partial charge on any atom is 0.412 e. The van der Waals surface area contributed by atoms with Crippen LogP contribution in [0.5, 0.6) is 5.75 Å². The summed E-state index contributed by atoms with van der Waals surface area (Å²) in [5, 5.41) is 23.6. The number of aliphatic hydroxyl groups excluding tert-OH is 1. The topological polar surface area (TPSA) is 111 Å². The fourth-order valence-electron chi connectivity index (χ4n) is 2.80. The Bertz CT molecular complexity index is 1000. The summed E-state index contributed by atoms with van der Waals surface area (Å²) >= 11 is 0. The lowest BCUT2D eigenvalue weighted by atomic mass is 10.0. The molecule has 30 heavy (non-hydrogen) atoms. The van der Waals surface area contributed by atoms with Crippen molar-refractivity contribution in [3.05, 3.63) is 53.9 Å². The largest absolute Gasteiger partial charge is 0.412 e. The number of aliphatic hydroxyl groups is 1. The van der Waals surface area contributed by atoms with Crippen LogP contribution >= 0.6 is 0 Å². The normalized spacial score (nSPS) is 13.0. The molecule has 9 nitrogen and oxygen atoms in total. The highest BCUT2D eigenvalue weighted by atomic mass is 16.6. The molecule has 3 aromatic rings. The number of benzene rings is 2. The Morgan fingerprint density at radius 3 is 2.57 bits per heavy atom. The summed E-state index contributed by atoms with van der Waals surface area (Å²) in [5.41, 5.74) is 3.54. The molecule has 1 heterocycles. The Hall–Kier alpha value is -3.30. The van der Waals surface area contributed by atoms with E-state index in [0.717, 1.165) is 16.7 Å². The van der Waals surface area contributed by atoms with Crippen LogP contribution in [0.15, 0.2) is 42.5 Å². The molecular weight excluding hydrogens is 386 g/mol. The van der Waals surface area contributed by atoms with E-state index in [-0.39, 0.29) is 12.7 Å². The van der Waals surface area contributed by atoms with Crippen molar-refractivity contribution < 1.29 is 19.4 Å². The Labute approximate surface area is 174 Å². The monoisotopic (exact) mass is 411 g/mol. The van der Waals surface area contributed by atoms with Crippen molar-refractivity contribution in [3.8, 4) is 22.6 Å². The van der Waals surface area contributed by atoms with E-state index in [4.69, 9.17) is 14.6 Å². The number of rotatable bonds is 7. The first-order valence-corrected chi connectivity index (χ1v) is 9.54. The molecule has 0 aliphatic carbocycles. The van der Waals surface area contributed by atoms with Gasteiger partial charge in [-0.15, -0.1) is 5.10 Å². The first-order valence-electron chi connectivity index (χ1n) is 9.54. The number of nitrogens with one attached hydrogen (secondary N) is 1. The standard InChI is InChI=1S/C21H25N5O4/c1-13-5-7-16(8-6-13)17-9-18(26-20(15(3)29-4)23-24-25-26)11-19(10-17)30-21(28)22-14(2)12-27/h5-11,14-15,27H,12H2,1-4H3,(H,22,28)/t14-,15-/m0/s1. The zero-order chi connectivity index (χ0) is 21.7. The minimum absolute atomic E-state index is 0.188. The fourth-order valence-corrected chi connectivity index (χ4v) is 2.80. The van der Waals surface area contributed by atoms with E-state index in [1.165, 1.54) is 0 Å². The Balaban J connectivity index is 2.04. The summed E-state index contributed by atoms with van der Waals surface area (Å²) in [6.07, 6.45) is -0.994. The molecule has 1 amide bonds. The highest BCUT2D eigenvalue weighted by Gasteiger charge is 2.18. The fraction of sp³-hybridized carbons (Fsp3) is 0.333. The molecule has 9 heteroatoms. The number of hydrogen-bond acceptors (Lipinski definition) is 7. The van der Waals surface area contributed by atoms with Crippen LogP contribution in [0.2, 0.25) is 0 Å². The highest BCUT2D eigenvalue weighted by molar-refractivity contribution is 5.74. The SMILES string of the molecule is CO[C@@H](C)c1nnnn1-c1cc(OC(=O)N[C@@H](C)CO)cc(-c2ccc(C)cc2)c1. The summed E-state index contributed by atoms with van der Waals surface area (Å²) in [4.78, 5) is 12.2. The molecule has 0 saturated carbocycles. The molecule has 1 aromatic heterocycles. The van der Waals surface area contributed by atoms with Gasteiger partial charge in [-0.05, 0) is 54.5 Å². The predicted octanol–water partition coefficient (Wildman–Crippen LogP) is 2.81. The lowest BCUT2D eigenvalue weighted by Gasteiger charge is -2.15. The third-order valence-corrected chi connectivity index (χ3v) is 4.58. The lowest BCUT2D eigenvalue weighted by molar-refractivity contribution is 0.110. The van der Waals surface area contributed by atoms with E-state index in [9.17, 15) is 4.79 Å². The van der Waals surface area contributed by atoms with Crippen molar-refractivity contribution in [2.24, 2.45) is 0 Å². The first kappa shape index (κ1) is 21.4. The zero-order valence-corrected chi connectivity index (χ0v) is 17.4. The van der Waals surface area contributed by atoms with E-state index in [0.29, 0.717) is 17.3 Å². The average molecular weight is 411 g/mol. The summed E-state index contributed by atoms with van der Waals surface area (Å²) in [7, 11) is 1.58. The van der Waals surface area contributed by atoms with Gasteiger partial charge in [-0.1, -0.05) is 29.8 Å². The van der Waals surface area contributed by atoms with Crippen LogP contribution in [0.1, 0.15) is 31.3 Å². The highest BCUT2D eigenvalue weighted by Crippen LogP contribution is 2.29. The van der Waals surface area contributed by atoms with Crippen LogP contribution in [-0.4, -0.2) is 51.2 Å². The second kappa shape index (κ2) is 9.47. The smallest absolute Gasteiger partial charge is 0.410 e. The molecule has 158 valence electrons. The van der Waals surface area contributed by atoms with Crippen molar-refractivity contribution in [2.75, 3.05) is 13.7 Å². The van der Waals surface area contributed by atoms with Crippen molar-refractivity contribution >= 4 is 6.09 Å². The maximum absolute atomic E-state index is 12.2. The molecule has 2 aromatic carbocycles. The molecule has 0 aliphatic heterocycles. The van der Waals surface area contributed by atoms with Gasteiger partial charge in [-0.25, -0.2) is 4.79 Å². The third-order valence-electron chi connectivity index (χ3n) is 4.58. The summed E-state index contributed by atoms with van der Waals surface area (Å²) in [5.74, 6) is 0.833. The van der Waals surface area contributed by atoms with Gasteiger partial charge in [-0.3, -0.25) is 0 Å². The molecule has 3 rings (SSSR count). The number of carbonyl (C=O) groups excluding carboxylic acids is 1. The number of hydrogen-bond donors (Lipinski definition) is 2. The number of carbonyl (C=O) groups is 1. The van der Waals surface area contributed by atoms with E-state index < -0.39 is 12.1 Å². The van der Waals surface area contributed by atoms with Gasteiger partial charge in [0.05, 0.1) is 18.3 Å². The summed E-state index contributed by atoms with van der Waals surface area (Å²) in [6, 6.07) is 12.9. The molecule has 2 N–H and O–H groups in total. The first-order chi connectivity index (χ1) is 14.4. The number of aryl methyl sites for hydroxylation is 1. The van der Waals surface area contributed by atoms with E-state index >= 15 is 0 Å². The Morgan fingerprint density at radius 2 is 1.90 bits per heavy atom. The number of ether oxygens (including phenoxy) is 2. The van der Waals surface area contributed by atoms with Crippen LogP contribution < -0.4 is 10.1 Å². The lowest BCUT2D eigenvalue weighted by Crippen LogP contribution is -2.37. The van der Waals surface area contributed by atoms with Crippen LogP contribution in [0.3, 0.4) is 0 Å². The van der Waals surface area contributed by atoms with Crippen molar-refractivity contribution in [1.29, 1.82) is 0 Å². The Morgan fingerprint density at radius 1 is 1.17 bits per heavy atom. The number of nitrogens with zero attached hydrogens (tertiary/aromatic N) is 4. The van der Waals surface area contributed by atoms with Gasteiger partial charge >= 0.3 is 6.09 Å². The molecule has 0 aliphatic rings. The third kappa shape index (κ3) is 5.00. The van der Waals surface area contributed by atoms with Crippen molar-refractivity contribution in [2.45, 2.75) is 32.9 Å². The quantitative estimate of drug-likeness (QED) is 0.615. The minimum Gasteiger partial charge on any atom is -0.410 e. The van der Waals surface area contributed by atoms with Gasteiger partial charge < -0.3 is 19.9 Å². The molecule has 0 unspecified atom stereocenters. The van der Waals surface area contributed by atoms with Crippen molar-refractivity contribution in [3.63, 3.8) is 0 Å². The number of aromatic nitrogens is 4. The molecule has 0 fully saturated rings. The van der Waals surface area contributed by atoms with Crippen molar-refractivity contribution in [1.82, 2.24) is 25.5 Å². The number of methoxy groups -OCH3 is 1. The van der Waals surface area contributed by atoms with Crippen LogP contribution in [0.25, 0.3) is 16.8 Å². The van der Waals surface area contributed by atoms with Gasteiger partial charge in [0.1, 0.15) is 11.9 Å². The molecule has 2 atom stereocenters. The number of amides is 1. The van der Waals surface area contributed by atoms with Gasteiger partial charge in [-0.2, -0.15) is 4.68 Å².